The molecule has 1 N–H and O–H groups in total. The molecule has 1 fully saturated rings. The second kappa shape index (κ2) is 8.31. The molecule has 1 aliphatic heterocycles. The van der Waals surface area contributed by atoms with E-state index in [1.54, 1.807) is 0 Å². The van der Waals surface area contributed by atoms with Gasteiger partial charge in [-0.05, 0) is 38.1 Å². The van der Waals surface area contributed by atoms with Gasteiger partial charge in [0.25, 0.3) is 0 Å². The van der Waals surface area contributed by atoms with Crippen molar-refractivity contribution in [2.75, 3.05) is 19.6 Å². The number of hydrogen-bond acceptors (Lipinski definition) is 4. The van der Waals surface area contributed by atoms with E-state index in [9.17, 15) is 0 Å². The summed E-state index contributed by atoms with van der Waals surface area (Å²) in [6.07, 6.45) is 6.50. The second-order valence-corrected chi connectivity index (χ2v) is 8.44. The molecular formula is C21H33N5. The minimum atomic E-state index is 0.0747. The molecule has 2 aromatic heterocycles. The molecule has 1 atom stereocenters. The van der Waals surface area contributed by atoms with Crippen molar-refractivity contribution < 1.29 is 0 Å². The van der Waals surface area contributed by atoms with Crippen LogP contribution < -0.4 is 0 Å². The first kappa shape index (κ1) is 19.1. The molecule has 0 aromatic carbocycles. The van der Waals surface area contributed by atoms with Crippen LogP contribution in [0, 0.1) is 0 Å². The predicted octanol–water partition coefficient (Wildman–Crippen LogP) is 3.59. The van der Waals surface area contributed by atoms with Crippen molar-refractivity contribution in [1.82, 2.24) is 25.0 Å². The van der Waals surface area contributed by atoms with Gasteiger partial charge in [0.2, 0.25) is 0 Å². The van der Waals surface area contributed by atoms with Crippen molar-refractivity contribution in [3.05, 3.63) is 47.5 Å². The normalized spacial score (nSPS) is 18.7. The molecule has 0 unspecified atom stereocenters. The van der Waals surface area contributed by atoms with E-state index in [4.69, 9.17) is 0 Å². The number of pyridine rings is 1. The highest BCUT2D eigenvalue weighted by molar-refractivity contribution is 5.23. The Hall–Kier alpha value is -1.72. The van der Waals surface area contributed by atoms with Crippen LogP contribution in [0.5, 0.6) is 0 Å². The summed E-state index contributed by atoms with van der Waals surface area (Å²) in [5, 5.41) is 7.56. The summed E-state index contributed by atoms with van der Waals surface area (Å²) in [7, 11) is 0. The zero-order valence-corrected chi connectivity index (χ0v) is 16.7. The van der Waals surface area contributed by atoms with Crippen LogP contribution >= 0.6 is 0 Å². The van der Waals surface area contributed by atoms with Gasteiger partial charge in [0, 0.05) is 48.5 Å². The maximum Gasteiger partial charge on any atom is 0.0544 e. The lowest BCUT2D eigenvalue weighted by atomic mass is 9.89. The third-order valence-electron chi connectivity index (χ3n) is 5.35. The standard InChI is InChI=1S/C21H33N5/c1-5-26-12-8-10-19(26)16-25(15-18-9-6-7-11-22-18)14-17-13-23-24-20(17)21(2,3)4/h6-7,9,11,13,19H,5,8,10,12,14-16H2,1-4H3,(H,23,24)/t19-/m0/s1. The van der Waals surface area contributed by atoms with Gasteiger partial charge in [-0.3, -0.25) is 19.9 Å². The van der Waals surface area contributed by atoms with E-state index in [-0.39, 0.29) is 5.41 Å². The monoisotopic (exact) mass is 355 g/mol. The van der Waals surface area contributed by atoms with Crippen LogP contribution in [-0.4, -0.2) is 50.7 Å². The van der Waals surface area contributed by atoms with E-state index in [2.05, 4.69) is 64.8 Å². The molecule has 0 bridgehead atoms. The van der Waals surface area contributed by atoms with E-state index >= 15 is 0 Å². The van der Waals surface area contributed by atoms with E-state index in [0.717, 1.165) is 31.9 Å². The molecule has 0 spiro atoms. The molecule has 1 aliphatic rings. The molecule has 3 rings (SSSR count). The number of H-pyrrole nitrogens is 1. The average molecular weight is 356 g/mol. The molecule has 142 valence electrons. The molecule has 0 radical (unpaired) electrons. The van der Waals surface area contributed by atoms with Crippen molar-refractivity contribution in [1.29, 1.82) is 0 Å². The van der Waals surface area contributed by atoms with Gasteiger partial charge in [-0.15, -0.1) is 0 Å². The number of rotatable bonds is 7. The summed E-state index contributed by atoms with van der Waals surface area (Å²) in [5.41, 5.74) is 3.75. The fourth-order valence-electron chi connectivity index (χ4n) is 4.04. The number of aromatic nitrogens is 3. The molecule has 0 aliphatic carbocycles. The van der Waals surface area contributed by atoms with Crippen LogP contribution in [-0.2, 0) is 18.5 Å². The van der Waals surface area contributed by atoms with Crippen LogP contribution in [0.2, 0.25) is 0 Å². The van der Waals surface area contributed by atoms with Gasteiger partial charge in [0.05, 0.1) is 11.9 Å². The lowest BCUT2D eigenvalue weighted by Crippen LogP contribution is -2.40. The van der Waals surface area contributed by atoms with Crippen molar-refractivity contribution in [3.8, 4) is 0 Å². The number of likely N-dealkylation sites (N-methyl/N-ethyl adjacent to an activating group) is 1. The SMILES string of the molecule is CCN1CCC[C@H]1CN(Cc1ccccn1)Cc1cn[nH]c1C(C)(C)C. The highest BCUT2D eigenvalue weighted by Crippen LogP contribution is 2.26. The lowest BCUT2D eigenvalue weighted by Gasteiger charge is -2.30. The van der Waals surface area contributed by atoms with Gasteiger partial charge in [-0.2, -0.15) is 5.10 Å². The topological polar surface area (TPSA) is 48.1 Å². The summed E-state index contributed by atoms with van der Waals surface area (Å²) >= 11 is 0. The van der Waals surface area contributed by atoms with Crippen LogP contribution in [0.4, 0.5) is 0 Å². The Labute approximate surface area is 157 Å². The quantitative estimate of drug-likeness (QED) is 0.824. The Bertz CT molecular complexity index is 673. The Morgan fingerprint density at radius 2 is 2.12 bits per heavy atom. The van der Waals surface area contributed by atoms with Gasteiger partial charge in [0.1, 0.15) is 0 Å². The van der Waals surface area contributed by atoms with Gasteiger partial charge >= 0.3 is 0 Å². The summed E-state index contributed by atoms with van der Waals surface area (Å²) < 4.78 is 0. The minimum Gasteiger partial charge on any atom is -0.299 e. The number of nitrogens with one attached hydrogen (secondary N) is 1. The Kier molecular flexibility index (Phi) is 6.09. The first-order chi connectivity index (χ1) is 12.5. The van der Waals surface area contributed by atoms with Crippen molar-refractivity contribution >= 4 is 0 Å². The van der Waals surface area contributed by atoms with Crippen LogP contribution in [0.25, 0.3) is 0 Å². The molecule has 0 amide bonds. The maximum atomic E-state index is 4.55. The minimum absolute atomic E-state index is 0.0747. The first-order valence-electron chi connectivity index (χ1n) is 9.86. The number of hydrogen-bond donors (Lipinski definition) is 1. The van der Waals surface area contributed by atoms with E-state index in [1.807, 2.05) is 18.5 Å². The van der Waals surface area contributed by atoms with Gasteiger partial charge in [0.15, 0.2) is 0 Å². The van der Waals surface area contributed by atoms with E-state index in [0.29, 0.717) is 6.04 Å². The largest absolute Gasteiger partial charge is 0.299 e. The van der Waals surface area contributed by atoms with Crippen molar-refractivity contribution in [3.63, 3.8) is 0 Å². The molecule has 1 saturated heterocycles. The van der Waals surface area contributed by atoms with Crippen LogP contribution in [0.3, 0.4) is 0 Å². The number of aromatic amines is 1. The predicted molar refractivity (Wildman–Crippen MR) is 106 cm³/mol. The zero-order valence-electron chi connectivity index (χ0n) is 16.7. The average Bonchev–Trinajstić information content (AvgIpc) is 3.24. The Morgan fingerprint density at radius 1 is 1.27 bits per heavy atom. The molecule has 5 nitrogen and oxygen atoms in total. The van der Waals surface area contributed by atoms with Crippen LogP contribution in [0.1, 0.15) is 57.5 Å². The van der Waals surface area contributed by atoms with Crippen LogP contribution in [0.15, 0.2) is 30.6 Å². The lowest BCUT2D eigenvalue weighted by molar-refractivity contribution is 0.164. The smallest absolute Gasteiger partial charge is 0.0544 e. The summed E-state index contributed by atoms with van der Waals surface area (Å²) in [5.74, 6) is 0. The molecule has 5 heteroatoms. The maximum absolute atomic E-state index is 4.55. The highest BCUT2D eigenvalue weighted by Gasteiger charge is 2.27. The van der Waals surface area contributed by atoms with E-state index in [1.165, 1.54) is 30.6 Å². The number of nitrogens with zero attached hydrogens (tertiary/aromatic N) is 4. The van der Waals surface area contributed by atoms with Gasteiger partial charge < -0.3 is 0 Å². The second-order valence-electron chi connectivity index (χ2n) is 8.44. The third-order valence-corrected chi connectivity index (χ3v) is 5.35. The van der Waals surface area contributed by atoms with E-state index < -0.39 is 0 Å². The molecule has 3 heterocycles. The summed E-state index contributed by atoms with van der Waals surface area (Å²) in [4.78, 5) is 9.71. The molecular weight excluding hydrogens is 322 g/mol. The Morgan fingerprint density at radius 3 is 2.81 bits per heavy atom. The highest BCUT2D eigenvalue weighted by atomic mass is 15.2. The first-order valence-corrected chi connectivity index (χ1v) is 9.86. The summed E-state index contributed by atoms with van der Waals surface area (Å²) in [6.45, 7) is 14.2. The molecule has 0 saturated carbocycles. The molecule has 26 heavy (non-hydrogen) atoms. The fourth-order valence-corrected chi connectivity index (χ4v) is 4.04. The number of likely N-dealkylation sites (tertiary alicyclic amines) is 1. The third kappa shape index (κ3) is 4.71. The Balaban J connectivity index is 1.77. The zero-order chi connectivity index (χ0) is 18.6. The van der Waals surface area contributed by atoms with Crippen molar-refractivity contribution in [2.45, 2.75) is 65.1 Å². The van der Waals surface area contributed by atoms with Crippen molar-refractivity contribution in [2.24, 2.45) is 0 Å². The fraction of sp³-hybridized carbons (Fsp3) is 0.619. The van der Waals surface area contributed by atoms with Gasteiger partial charge in [-0.25, -0.2) is 0 Å². The van der Waals surface area contributed by atoms with Gasteiger partial charge in [-0.1, -0.05) is 33.8 Å². The summed E-state index contributed by atoms with van der Waals surface area (Å²) in [6, 6.07) is 6.83. The molecule has 2 aromatic rings.